The fourth-order valence-corrected chi connectivity index (χ4v) is 6.18. The van der Waals surface area contributed by atoms with E-state index in [9.17, 15) is 13.5 Å². The van der Waals surface area contributed by atoms with Crippen LogP contribution in [0.3, 0.4) is 0 Å². The molecule has 4 nitrogen and oxygen atoms in total. The summed E-state index contributed by atoms with van der Waals surface area (Å²) in [7, 11) is -3.49. The molecule has 102 valence electrons. The van der Waals surface area contributed by atoms with E-state index in [2.05, 4.69) is 15.9 Å². The number of sulfonamides is 1. The molecule has 0 amide bonds. The molecule has 2 heterocycles. The van der Waals surface area contributed by atoms with Crippen molar-refractivity contribution in [2.75, 3.05) is 13.1 Å². The summed E-state index contributed by atoms with van der Waals surface area (Å²) in [6, 6.07) is 1.64. The van der Waals surface area contributed by atoms with Gasteiger partial charge in [0.1, 0.15) is 0 Å². The third-order valence-electron chi connectivity index (χ3n) is 3.10. The van der Waals surface area contributed by atoms with Crippen molar-refractivity contribution in [2.45, 2.75) is 37.2 Å². The van der Waals surface area contributed by atoms with Crippen LogP contribution in [0.1, 0.15) is 24.6 Å². The molecule has 1 aromatic rings. The lowest BCUT2D eigenvalue weighted by Crippen LogP contribution is -2.48. The Morgan fingerprint density at radius 3 is 2.72 bits per heavy atom. The van der Waals surface area contributed by atoms with Gasteiger partial charge in [-0.05, 0) is 48.7 Å². The minimum atomic E-state index is -3.49. The summed E-state index contributed by atoms with van der Waals surface area (Å²) >= 11 is 4.72. The Bertz CT molecular complexity index is 551. The van der Waals surface area contributed by atoms with Gasteiger partial charge < -0.3 is 5.11 Å². The quantitative estimate of drug-likeness (QED) is 0.887. The molecule has 1 aromatic heterocycles. The van der Waals surface area contributed by atoms with Crippen molar-refractivity contribution >= 4 is 37.3 Å². The van der Waals surface area contributed by atoms with Crippen LogP contribution in [0, 0.1) is 6.92 Å². The first-order valence-corrected chi connectivity index (χ1v) is 8.76. The molecule has 0 saturated carbocycles. The molecule has 1 atom stereocenters. The molecule has 1 N–H and O–H groups in total. The smallest absolute Gasteiger partial charge is 0.244 e. The predicted molar refractivity (Wildman–Crippen MR) is 75.4 cm³/mol. The van der Waals surface area contributed by atoms with Gasteiger partial charge in [0.2, 0.25) is 10.0 Å². The first-order chi connectivity index (χ1) is 8.22. The summed E-state index contributed by atoms with van der Waals surface area (Å²) < 4.78 is 27.2. The maximum atomic E-state index is 12.5. The lowest BCUT2D eigenvalue weighted by molar-refractivity contribution is 0.00939. The number of rotatable bonds is 2. The number of aliphatic hydroxyl groups is 1. The Hall–Kier alpha value is 0.0500. The molecule has 1 aliphatic heterocycles. The molecule has 1 fully saturated rings. The van der Waals surface area contributed by atoms with Gasteiger partial charge in [0, 0.05) is 18.0 Å². The number of hydrogen-bond donors (Lipinski definition) is 1. The monoisotopic (exact) mass is 353 g/mol. The number of aryl methyl sites for hydroxylation is 1. The van der Waals surface area contributed by atoms with Gasteiger partial charge in [0.05, 0.1) is 14.3 Å². The Morgan fingerprint density at radius 2 is 2.22 bits per heavy atom. The molecule has 1 unspecified atom stereocenters. The molecule has 0 aromatic carbocycles. The Kier molecular flexibility index (Phi) is 3.91. The molecular formula is C11H16BrNO3S2. The van der Waals surface area contributed by atoms with Crippen LogP contribution in [-0.2, 0) is 10.0 Å². The van der Waals surface area contributed by atoms with Crippen molar-refractivity contribution in [3.05, 3.63) is 14.7 Å². The lowest BCUT2D eigenvalue weighted by atomic mass is 9.97. The standard InChI is InChI=1S/C11H16BrNO3S2/c1-8-9(6-10(12)17-8)18(15,16)13-5-3-4-11(2,14)7-13/h6,14H,3-5,7H2,1-2H3. The van der Waals surface area contributed by atoms with Gasteiger partial charge in [0.15, 0.2) is 0 Å². The third kappa shape index (κ3) is 2.80. The average Bonchev–Trinajstić information content (AvgIpc) is 2.57. The van der Waals surface area contributed by atoms with Crippen LogP contribution in [0.25, 0.3) is 0 Å². The number of nitrogens with zero attached hydrogens (tertiary/aromatic N) is 1. The van der Waals surface area contributed by atoms with Crippen LogP contribution in [0.5, 0.6) is 0 Å². The zero-order chi connectivity index (χ0) is 13.6. The van der Waals surface area contributed by atoms with Crippen molar-refractivity contribution in [3.8, 4) is 0 Å². The molecular weight excluding hydrogens is 338 g/mol. The van der Waals surface area contributed by atoms with Crippen LogP contribution in [-0.4, -0.2) is 36.5 Å². The Labute approximate surface area is 120 Å². The normalized spacial score (nSPS) is 26.4. The fraction of sp³-hybridized carbons (Fsp3) is 0.636. The zero-order valence-corrected chi connectivity index (χ0v) is 13.5. The summed E-state index contributed by atoms with van der Waals surface area (Å²) in [5.41, 5.74) is -0.924. The van der Waals surface area contributed by atoms with Gasteiger partial charge in [-0.15, -0.1) is 11.3 Å². The van der Waals surface area contributed by atoms with E-state index in [4.69, 9.17) is 0 Å². The average molecular weight is 354 g/mol. The second kappa shape index (κ2) is 4.86. The summed E-state index contributed by atoms with van der Waals surface area (Å²) in [4.78, 5) is 1.11. The molecule has 0 bridgehead atoms. The summed E-state index contributed by atoms with van der Waals surface area (Å²) in [5.74, 6) is 0. The van der Waals surface area contributed by atoms with E-state index in [0.717, 1.165) is 8.66 Å². The van der Waals surface area contributed by atoms with Gasteiger partial charge in [-0.25, -0.2) is 8.42 Å². The second-order valence-corrected chi connectivity index (χ2v) is 9.45. The van der Waals surface area contributed by atoms with Crippen molar-refractivity contribution < 1.29 is 13.5 Å². The second-order valence-electron chi connectivity index (χ2n) is 4.91. The number of hydrogen-bond acceptors (Lipinski definition) is 4. The number of halogens is 1. The third-order valence-corrected chi connectivity index (χ3v) is 6.75. The van der Waals surface area contributed by atoms with Crippen molar-refractivity contribution in [2.24, 2.45) is 0 Å². The van der Waals surface area contributed by atoms with Gasteiger partial charge in [-0.2, -0.15) is 4.31 Å². The largest absolute Gasteiger partial charge is 0.389 e. The van der Waals surface area contributed by atoms with E-state index >= 15 is 0 Å². The van der Waals surface area contributed by atoms with Crippen LogP contribution < -0.4 is 0 Å². The molecule has 0 aliphatic carbocycles. The molecule has 1 saturated heterocycles. The van der Waals surface area contributed by atoms with Gasteiger partial charge in [-0.3, -0.25) is 0 Å². The van der Waals surface area contributed by atoms with Crippen molar-refractivity contribution in [3.63, 3.8) is 0 Å². The first kappa shape index (κ1) is 14.5. The van der Waals surface area contributed by atoms with E-state index in [1.165, 1.54) is 15.6 Å². The molecule has 2 rings (SSSR count). The van der Waals surface area contributed by atoms with Crippen molar-refractivity contribution in [1.29, 1.82) is 0 Å². The number of β-amino-alcohol motifs (C(OH)–C–C–N with tert-alkyl or cyclic N) is 1. The van der Waals surface area contributed by atoms with Gasteiger partial charge >= 0.3 is 0 Å². The Morgan fingerprint density at radius 1 is 1.56 bits per heavy atom. The van der Waals surface area contributed by atoms with E-state index in [1.54, 1.807) is 19.9 Å². The highest BCUT2D eigenvalue weighted by Crippen LogP contribution is 2.33. The maximum absolute atomic E-state index is 12.5. The first-order valence-electron chi connectivity index (χ1n) is 5.71. The predicted octanol–water partition coefficient (Wildman–Crippen LogP) is 2.35. The molecule has 0 radical (unpaired) electrons. The molecule has 1 aliphatic rings. The van der Waals surface area contributed by atoms with E-state index in [0.29, 0.717) is 24.3 Å². The lowest BCUT2D eigenvalue weighted by Gasteiger charge is -2.35. The maximum Gasteiger partial charge on any atom is 0.244 e. The highest BCUT2D eigenvalue weighted by atomic mass is 79.9. The van der Waals surface area contributed by atoms with Crippen molar-refractivity contribution in [1.82, 2.24) is 4.31 Å². The van der Waals surface area contributed by atoms with Crippen LogP contribution in [0.15, 0.2) is 14.7 Å². The van der Waals surface area contributed by atoms with E-state index < -0.39 is 15.6 Å². The SMILES string of the molecule is Cc1sc(Br)cc1S(=O)(=O)N1CCCC(C)(O)C1. The van der Waals surface area contributed by atoms with Crippen LogP contribution in [0.4, 0.5) is 0 Å². The van der Waals surface area contributed by atoms with Gasteiger partial charge in [0.25, 0.3) is 0 Å². The fourth-order valence-electron chi connectivity index (χ4n) is 2.21. The number of thiophene rings is 1. The highest BCUT2D eigenvalue weighted by Gasteiger charge is 2.36. The van der Waals surface area contributed by atoms with Crippen LogP contribution >= 0.6 is 27.3 Å². The van der Waals surface area contributed by atoms with E-state index in [1.807, 2.05) is 0 Å². The minimum absolute atomic E-state index is 0.169. The summed E-state index contributed by atoms with van der Waals surface area (Å²) in [6.07, 6.45) is 1.34. The van der Waals surface area contributed by atoms with E-state index in [-0.39, 0.29) is 6.54 Å². The highest BCUT2D eigenvalue weighted by molar-refractivity contribution is 9.11. The number of piperidine rings is 1. The minimum Gasteiger partial charge on any atom is -0.389 e. The topological polar surface area (TPSA) is 57.6 Å². The molecule has 0 spiro atoms. The zero-order valence-electron chi connectivity index (χ0n) is 10.3. The summed E-state index contributed by atoms with van der Waals surface area (Å²) in [6.45, 7) is 4.13. The van der Waals surface area contributed by atoms with Crippen LogP contribution in [0.2, 0.25) is 0 Å². The Balaban J connectivity index is 2.34. The molecule has 18 heavy (non-hydrogen) atoms. The summed E-state index contributed by atoms with van der Waals surface area (Å²) in [5, 5.41) is 10.0. The molecule has 7 heteroatoms. The van der Waals surface area contributed by atoms with Gasteiger partial charge in [-0.1, -0.05) is 0 Å².